The van der Waals surface area contributed by atoms with Gasteiger partial charge in [0, 0.05) is 12.6 Å². The fourth-order valence-electron chi connectivity index (χ4n) is 2.03. The Hall–Kier alpha value is -2.74. The van der Waals surface area contributed by atoms with E-state index in [1.807, 2.05) is 0 Å². The highest BCUT2D eigenvalue weighted by molar-refractivity contribution is 7.92. The molecule has 0 spiro atoms. The molecule has 24 heavy (non-hydrogen) atoms. The quantitative estimate of drug-likeness (QED) is 0.829. The van der Waals surface area contributed by atoms with Crippen LogP contribution in [-0.2, 0) is 10.0 Å². The van der Waals surface area contributed by atoms with Gasteiger partial charge in [0.05, 0.1) is 24.8 Å². The van der Waals surface area contributed by atoms with E-state index in [1.54, 1.807) is 18.2 Å². The molecule has 0 atom stereocenters. The van der Waals surface area contributed by atoms with Crippen LogP contribution in [0.15, 0.2) is 47.4 Å². The SMILES string of the molecule is CNC(=O)c1ccc(OC)c(NS(=O)(=O)c2ccc(OC)cc2)c1. The third-order valence-electron chi connectivity index (χ3n) is 3.30. The molecule has 0 radical (unpaired) electrons. The van der Waals surface area contributed by atoms with Crippen molar-refractivity contribution in [3.8, 4) is 11.5 Å². The van der Waals surface area contributed by atoms with Crippen LogP contribution < -0.4 is 19.5 Å². The Morgan fingerprint density at radius 3 is 2.21 bits per heavy atom. The van der Waals surface area contributed by atoms with Gasteiger partial charge in [-0.15, -0.1) is 0 Å². The molecule has 128 valence electrons. The lowest BCUT2D eigenvalue weighted by Gasteiger charge is -2.13. The van der Waals surface area contributed by atoms with Gasteiger partial charge in [-0.1, -0.05) is 0 Å². The van der Waals surface area contributed by atoms with Crippen molar-refractivity contribution in [1.29, 1.82) is 0 Å². The minimum absolute atomic E-state index is 0.0655. The number of carbonyl (C=O) groups is 1. The third kappa shape index (κ3) is 3.77. The molecule has 2 N–H and O–H groups in total. The van der Waals surface area contributed by atoms with E-state index in [9.17, 15) is 13.2 Å². The molecule has 2 rings (SSSR count). The number of hydrogen-bond donors (Lipinski definition) is 2. The van der Waals surface area contributed by atoms with Gasteiger partial charge in [0.1, 0.15) is 11.5 Å². The van der Waals surface area contributed by atoms with Crippen molar-refractivity contribution in [3.63, 3.8) is 0 Å². The number of anilines is 1. The number of ether oxygens (including phenoxy) is 2. The van der Waals surface area contributed by atoms with E-state index < -0.39 is 10.0 Å². The van der Waals surface area contributed by atoms with Crippen LogP contribution in [0.1, 0.15) is 10.4 Å². The highest BCUT2D eigenvalue weighted by Gasteiger charge is 2.18. The number of nitrogens with one attached hydrogen (secondary N) is 2. The average Bonchev–Trinajstić information content (AvgIpc) is 2.60. The van der Waals surface area contributed by atoms with Crippen molar-refractivity contribution < 1.29 is 22.7 Å². The first-order valence-electron chi connectivity index (χ1n) is 6.98. The van der Waals surface area contributed by atoms with Crippen LogP contribution >= 0.6 is 0 Å². The number of amides is 1. The normalized spacial score (nSPS) is 10.8. The Labute approximate surface area is 140 Å². The van der Waals surface area contributed by atoms with E-state index in [2.05, 4.69) is 10.0 Å². The Balaban J connectivity index is 2.38. The van der Waals surface area contributed by atoms with Crippen molar-refractivity contribution >= 4 is 21.6 Å². The van der Waals surface area contributed by atoms with Gasteiger partial charge in [0.15, 0.2) is 0 Å². The van der Waals surface area contributed by atoms with E-state index in [4.69, 9.17) is 9.47 Å². The molecular weight excluding hydrogens is 332 g/mol. The smallest absolute Gasteiger partial charge is 0.262 e. The second-order valence-corrected chi connectivity index (χ2v) is 6.46. The van der Waals surface area contributed by atoms with Gasteiger partial charge in [-0.25, -0.2) is 8.42 Å². The van der Waals surface area contributed by atoms with Crippen LogP contribution in [0.5, 0.6) is 11.5 Å². The average molecular weight is 350 g/mol. The molecule has 8 heteroatoms. The van der Waals surface area contributed by atoms with Crippen molar-refractivity contribution in [1.82, 2.24) is 5.32 Å². The predicted octanol–water partition coefficient (Wildman–Crippen LogP) is 1.86. The summed E-state index contributed by atoms with van der Waals surface area (Å²) in [5.41, 5.74) is 0.486. The van der Waals surface area contributed by atoms with Crippen LogP contribution in [0.2, 0.25) is 0 Å². The van der Waals surface area contributed by atoms with Gasteiger partial charge < -0.3 is 14.8 Å². The van der Waals surface area contributed by atoms with Gasteiger partial charge in [0.2, 0.25) is 0 Å². The van der Waals surface area contributed by atoms with Crippen LogP contribution in [0.3, 0.4) is 0 Å². The van der Waals surface area contributed by atoms with E-state index in [0.29, 0.717) is 17.1 Å². The number of hydrogen-bond acceptors (Lipinski definition) is 5. The van der Waals surface area contributed by atoms with E-state index in [-0.39, 0.29) is 16.5 Å². The van der Waals surface area contributed by atoms with Crippen molar-refractivity contribution in [2.45, 2.75) is 4.90 Å². The Morgan fingerprint density at radius 1 is 1.00 bits per heavy atom. The maximum absolute atomic E-state index is 12.5. The summed E-state index contributed by atoms with van der Waals surface area (Å²) in [7, 11) is 0.570. The molecule has 0 fully saturated rings. The van der Waals surface area contributed by atoms with E-state index >= 15 is 0 Å². The molecule has 0 aromatic heterocycles. The van der Waals surface area contributed by atoms with Crippen LogP contribution in [0, 0.1) is 0 Å². The maximum Gasteiger partial charge on any atom is 0.262 e. The fraction of sp³-hybridized carbons (Fsp3) is 0.188. The first kappa shape index (κ1) is 17.6. The number of methoxy groups -OCH3 is 2. The van der Waals surface area contributed by atoms with Gasteiger partial charge in [-0.2, -0.15) is 0 Å². The summed E-state index contributed by atoms with van der Waals surface area (Å²) in [4.78, 5) is 11.8. The Kier molecular flexibility index (Phi) is 5.30. The summed E-state index contributed by atoms with van der Waals surface area (Å²) in [6.45, 7) is 0. The lowest BCUT2D eigenvalue weighted by molar-refractivity contribution is 0.0963. The van der Waals surface area contributed by atoms with Gasteiger partial charge in [-0.05, 0) is 42.5 Å². The van der Waals surface area contributed by atoms with Gasteiger partial charge >= 0.3 is 0 Å². The molecule has 2 aromatic rings. The molecule has 0 saturated carbocycles. The lowest BCUT2D eigenvalue weighted by atomic mass is 10.2. The molecule has 0 unspecified atom stereocenters. The third-order valence-corrected chi connectivity index (χ3v) is 4.68. The van der Waals surface area contributed by atoms with E-state index in [0.717, 1.165) is 0 Å². The Bertz CT molecular complexity index is 832. The summed E-state index contributed by atoms with van der Waals surface area (Å²) >= 11 is 0. The molecular formula is C16H18N2O5S. The molecule has 0 bridgehead atoms. The summed E-state index contributed by atoms with van der Waals surface area (Å²) in [5.74, 6) is 0.524. The minimum Gasteiger partial charge on any atom is -0.497 e. The highest BCUT2D eigenvalue weighted by atomic mass is 32.2. The minimum atomic E-state index is -3.84. The predicted molar refractivity (Wildman–Crippen MR) is 90.2 cm³/mol. The summed E-state index contributed by atoms with van der Waals surface area (Å²) in [6.07, 6.45) is 0. The van der Waals surface area contributed by atoms with Gasteiger partial charge in [0.25, 0.3) is 15.9 Å². The molecule has 0 heterocycles. The van der Waals surface area contributed by atoms with Crippen LogP contribution in [0.25, 0.3) is 0 Å². The summed E-state index contributed by atoms with van der Waals surface area (Å²) in [6, 6.07) is 10.4. The zero-order valence-corrected chi connectivity index (χ0v) is 14.3. The zero-order chi connectivity index (χ0) is 17.7. The number of rotatable bonds is 6. The zero-order valence-electron chi connectivity index (χ0n) is 13.5. The number of carbonyl (C=O) groups excluding carboxylic acids is 1. The van der Waals surface area contributed by atoms with Gasteiger partial charge in [-0.3, -0.25) is 9.52 Å². The van der Waals surface area contributed by atoms with Crippen LogP contribution in [0.4, 0.5) is 5.69 Å². The summed E-state index contributed by atoms with van der Waals surface area (Å²) in [5, 5.41) is 2.48. The Morgan fingerprint density at radius 2 is 1.67 bits per heavy atom. The maximum atomic E-state index is 12.5. The van der Waals surface area contributed by atoms with E-state index in [1.165, 1.54) is 45.5 Å². The molecule has 0 aliphatic heterocycles. The van der Waals surface area contributed by atoms with Crippen LogP contribution in [-0.4, -0.2) is 35.6 Å². The molecule has 1 amide bonds. The molecule has 2 aromatic carbocycles. The molecule has 0 aliphatic rings. The second-order valence-electron chi connectivity index (χ2n) is 4.78. The van der Waals surface area contributed by atoms with Crippen molar-refractivity contribution in [3.05, 3.63) is 48.0 Å². The fourth-order valence-corrected chi connectivity index (χ4v) is 3.09. The largest absolute Gasteiger partial charge is 0.497 e. The highest BCUT2D eigenvalue weighted by Crippen LogP contribution is 2.28. The van der Waals surface area contributed by atoms with Crippen molar-refractivity contribution in [2.75, 3.05) is 26.0 Å². The first-order valence-corrected chi connectivity index (χ1v) is 8.46. The first-order chi connectivity index (χ1) is 11.4. The number of benzene rings is 2. The van der Waals surface area contributed by atoms with Crippen molar-refractivity contribution in [2.24, 2.45) is 0 Å². The summed E-state index contributed by atoms with van der Waals surface area (Å²) < 4.78 is 37.6. The topological polar surface area (TPSA) is 93.7 Å². The standard InChI is InChI=1S/C16H18N2O5S/c1-17-16(19)11-4-9-15(23-3)14(10-11)18-24(20,21)13-7-5-12(22-2)6-8-13/h4-10,18H,1-3H3,(H,17,19). The molecule has 0 saturated heterocycles. The molecule has 0 aliphatic carbocycles. The lowest BCUT2D eigenvalue weighted by Crippen LogP contribution is -2.19. The number of sulfonamides is 1. The second kappa shape index (κ2) is 7.22. The molecule has 7 nitrogen and oxygen atoms in total. The monoisotopic (exact) mass is 350 g/mol.